The summed E-state index contributed by atoms with van der Waals surface area (Å²) in [6.45, 7) is 6.01. The number of esters is 3. The van der Waals surface area contributed by atoms with Crippen LogP contribution in [0, 0.1) is 23.7 Å². The monoisotopic (exact) mass is 424 g/mol. The van der Waals surface area contributed by atoms with Crippen molar-refractivity contribution in [2.75, 3.05) is 33.5 Å². The Morgan fingerprint density at radius 1 is 0.733 bits per heavy atom. The van der Waals surface area contributed by atoms with Crippen LogP contribution in [0.4, 0.5) is 0 Å². The summed E-state index contributed by atoms with van der Waals surface area (Å²) < 4.78 is 20.4. The van der Waals surface area contributed by atoms with E-state index in [4.69, 9.17) is 18.9 Å². The third-order valence-electron chi connectivity index (χ3n) is 6.36. The zero-order valence-corrected chi connectivity index (χ0v) is 18.4. The number of carbonyl (C=O) groups is 3. The molecule has 0 N–H and O–H groups in total. The minimum absolute atomic E-state index is 0.0239. The minimum Gasteiger partial charge on any atom is -0.469 e. The first kappa shape index (κ1) is 24.4. The number of carbonyl (C=O) groups excluding carboxylic acids is 3. The summed E-state index contributed by atoms with van der Waals surface area (Å²) in [7, 11) is 1.46. The molecule has 7 heteroatoms. The molecule has 30 heavy (non-hydrogen) atoms. The van der Waals surface area contributed by atoms with Gasteiger partial charge in [-0.2, -0.15) is 0 Å². The van der Waals surface area contributed by atoms with Gasteiger partial charge in [0.15, 0.2) is 0 Å². The van der Waals surface area contributed by atoms with Gasteiger partial charge in [-0.25, -0.2) is 4.79 Å². The lowest BCUT2D eigenvalue weighted by Gasteiger charge is -2.36. The highest BCUT2D eigenvalue weighted by Crippen LogP contribution is 2.41. The molecular formula is C23H36O7. The number of ether oxygens (including phenoxy) is 4. The van der Waals surface area contributed by atoms with E-state index in [1.165, 1.54) is 7.11 Å². The molecule has 2 aliphatic carbocycles. The maximum absolute atomic E-state index is 12.3. The second-order valence-electron chi connectivity index (χ2n) is 8.44. The molecule has 0 heterocycles. The van der Waals surface area contributed by atoms with Gasteiger partial charge in [-0.15, -0.1) is 0 Å². The van der Waals surface area contributed by atoms with E-state index in [9.17, 15) is 14.4 Å². The van der Waals surface area contributed by atoms with Crippen LogP contribution in [0.15, 0.2) is 12.2 Å². The standard InChI is InChI=1S/C23H36O7/c1-16(2)21(24)29-14-12-28-13-15-30-23(26)20-10-6-18(7-11-20)17-4-8-19(9-5-17)22(25)27-3/h17-20H,1,4-15H2,2-3H3. The van der Waals surface area contributed by atoms with Gasteiger partial charge < -0.3 is 18.9 Å². The summed E-state index contributed by atoms with van der Waals surface area (Å²) in [6.07, 6.45) is 7.86. The Kier molecular flexibility index (Phi) is 10.3. The van der Waals surface area contributed by atoms with Gasteiger partial charge in [0.2, 0.25) is 0 Å². The number of hydrogen-bond donors (Lipinski definition) is 0. The predicted octanol–water partition coefficient (Wildman–Crippen LogP) is 3.45. The Labute approximate surface area is 179 Å². The lowest BCUT2D eigenvalue weighted by molar-refractivity contribution is -0.152. The lowest BCUT2D eigenvalue weighted by Crippen LogP contribution is -2.31. The average Bonchev–Trinajstić information content (AvgIpc) is 2.77. The molecule has 0 aromatic rings. The molecule has 2 fully saturated rings. The Morgan fingerprint density at radius 3 is 1.67 bits per heavy atom. The van der Waals surface area contributed by atoms with Crippen LogP contribution in [-0.2, 0) is 33.3 Å². The maximum Gasteiger partial charge on any atom is 0.333 e. The van der Waals surface area contributed by atoms with Crippen LogP contribution in [0.2, 0.25) is 0 Å². The van der Waals surface area contributed by atoms with Crippen molar-refractivity contribution in [3.63, 3.8) is 0 Å². The highest BCUT2D eigenvalue weighted by atomic mass is 16.6. The van der Waals surface area contributed by atoms with Crippen molar-refractivity contribution in [3.05, 3.63) is 12.2 Å². The quantitative estimate of drug-likeness (QED) is 0.230. The van der Waals surface area contributed by atoms with E-state index in [0.29, 0.717) is 17.4 Å². The van der Waals surface area contributed by atoms with Crippen molar-refractivity contribution in [1.82, 2.24) is 0 Å². The van der Waals surface area contributed by atoms with E-state index in [1.807, 2.05) is 0 Å². The van der Waals surface area contributed by atoms with E-state index in [1.54, 1.807) is 6.92 Å². The number of rotatable bonds is 10. The molecule has 0 spiro atoms. The highest BCUT2D eigenvalue weighted by Gasteiger charge is 2.35. The molecule has 2 saturated carbocycles. The smallest absolute Gasteiger partial charge is 0.333 e. The molecule has 0 amide bonds. The molecule has 7 nitrogen and oxygen atoms in total. The van der Waals surface area contributed by atoms with Crippen LogP contribution < -0.4 is 0 Å². The van der Waals surface area contributed by atoms with Crippen molar-refractivity contribution in [2.24, 2.45) is 23.7 Å². The van der Waals surface area contributed by atoms with Gasteiger partial charge in [-0.05, 0) is 70.1 Å². The lowest BCUT2D eigenvalue weighted by atomic mass is 9.69. The second kappa shape index (κ2) is 12.7. The molecule has 0 bridgehead atoms. The molecule has 0 saturated heterocycles. The largest absolute Gasteiger partial charge is 0.469 e. The van der Waals surface area contributed by atoms with E-state index < -0.39 is 5.97 Å². The second-order valence-corrected chi connectivity index (χ2v) is 8.44. The number of methoxy groups -OCH3 is 1. The van der Waals surface area contributed by atoms with E-state index in [0.717, 1.165) is 51.4 Å². The van der Waals surface area contributed by atoms with Gasteiger partial charge in [-0.1, -0.05) is 6.58 Å². The molecule has 0 aliphatic heterocycles. The maximum atomic E-state index is 12.3. The molecule has 0 aromatic heterocycles. The zero-order chi connectivity index (χ0) is 21.9. The van der Waals surface area contributed by atoms with Crippen LogP contribution in [0.25, 0.3) is 0 Å². The van der Waals surface area contributed by atoms with Crippen molar-refractivity contribution < 1.29 is 33.3 Å². The highest BCUT2D eigenvalue weighted by molar-refractivity contribution is 5.86. The van der Waals surface area contributed by atoms with Gasteiger partial charge in [0.25, 0.3) is 0 Å². The first-order valence-corrected chi connectivity index (χ1v) is 11.1. The van der Waals surface area contributed by atoms with Crippen LogP contribution >= 0.6 is 0 Å². The summed E-state index contributed by atoms with van der Waals surface area (Å²) in [5, 5.41) is 0. The summed E-state index contributed by atoms with van der Waals surface area (Å²) in [6, 6.07) is 0. The fraction of sp³-hybridized carbons (Fsp3) is 0.783. The summed E-state index contributed by atoms with van der Waals surface area (Å²) in [4.78, 5) is 35.2. The van der Waals surface area contributed by atoms with Gasteiger partial charge in [-0.3, -0.25) is 9.59 Å². The van der Waals surface area contributed by atoms with E-state index in [2.05, 4.69) is 6.58 Å². The normalized spacial score (nSPS) is 26.5. The average molecular weight is 425 g/mol. The van der Waals surface area contributed by atoms with Gasteiger partial charge in [0.1, 0.15) is 13.2 Å². The van der Waals surface area contributed by atoms with Crippen LogP contribution in [0.5, 0.6) is 0 Å². The van der Waals surface area contributed by atoms with Crippen molar-refractivity contribution >= 4 is 17.9 Å². The Hall–Kier alpha value is -1.89. The summed E-state index contributed by atoms with van der Waals surface area (Å²) >= 11 is 0. The summed E-state index contributed by atoms with van der Waals surface area (Å²) in [5.74, 6) is 0.712. The first-order chi connectivity index (χ1) is 14.4. The third-order valence-corrected chi connectivity index (χ3v) is 6.36. The molecule has 0 atom stereocenters. The summed E-state index contributed by atoms with van der Waals surface area (Å²) in [5.41, 5.74) is 0.354. The fourth-order valence-corrected chi connectivity index (χ4v) is 4.56. The van der Waals surface area contributed by atoms with Gasteiger partial charge in [0.05, 0.1) is 32.2 Å². The van der Waals surface area contributed by atoms with Crippen molar-refractivity contribution in [3.8, 4) is 0 Å². The third kappa shape index (κ3) is 7.74. The predicted molar refractivity (Wildman–Crippen MR) is 110 cm³/mol. The minimum atomic E-state index is -0.433. The van der Waals surface area contributed by atoms with Gasteiger partial charge >= 0.3 is 17.9 Å². The Balaban J connectivity index is 1.54. The van der Waals surface area contributed by atoms with Crippen LogP contribution in [-0.4, -0.2) is 51.4 Å². The van der Waals surface area contributed by atoms with E-state index in [-0.39, 0.29) is 50.2 Å². The van der Waals surface area contributed by atoms with Crippen LogP contribution in [0.1, 0.15) is 58.3 Å². The molecule has 0 unspecified atom stereocenters. The molecule has 0 radical (unpaired) electrons. The zero-order valence-electron chi connectivity index (χ0n) is 18.4. The topological polar surface area (TPSA) is 88.1 Å². The van der Waals surface area contributed by atoms with Crippen LogP contribution in [0.3, 0.4) is 0 Å². The van der Waals surface area contributed by atoms with E-state index >= 15 is 0 Å². The number of hydrogen-bond acceptors (Lipinski definition) is 7. The molecule has 2 rings (SSSR count). The first-order valence-electron chi connectivity index (χ1n) is 11.1. The molecule has 0 aromatic carbocycles. The Bertz CT molecular complexity index is 584. The van der Waals surface area contributed by atoms with Crippen molar-refractivity contribution in [2.45, 2.75) is 58.3 Å². The SMILES string of the molecule is C=C(C)C(=O)OCCOCCOC(=O)C1CCC(C2CCC(C(=O)OC)CC2)CC1. The molecule has 170 valence electrons. The Morgan fingerprint density at radius 2 is 1.20 bits per heavy atom. The van der Waals surface area contributed by atoms with Gasteiger partial charge in [0, 0.05) is 5.57 Å². The molecule has 2 aliphatic rings. The van der Waals surface area contributed by atoms with Crippen molar-refractivity contribution in [1.29, 1.82) is 0 Å². The molecular weight excluding hydrogens is 388 g/mol. The fourth-order valence-electron chi connectivity index (χ4n) is 4.56.